The molecule has 1 heterocycles. The maximum atomic E-state index is 3.81. The second-order valence-corrected chi connectivity index (χ2v) is 10.4. The number of aromatic nitrogens is 1. The lowest BCUT2D eigenvalue weighted by atomic mass is 9.63. The summed E-state index contributed by atoms with van der Waals surface area (Å²) in [6, 6.07) is 40.0. The number of para-hydroxylation sites is 1. The second kappa shape index (κ2) is 7.96. The van der Waals surface area contributed by atoms with Crippen molar-refractivity contribution in [1.82, 2.24) is 4.57 Å². The molecule has 5 aromatic rings. The summed E-state index contributed by atoms with van der Waals surface area (Å²) < 4.78 is 3.47. The molecule has 2 unspecified atom stereocenters. The predicted molar refractivity (Wildman–Crippen MR) is 148 cm³/mol. The average Bonchev–Trinajstić information content (AvgIpc) is 3.47. The fraction of sp³-hybridized carbons (Fsp3) is 0.0909. The van der Waals surface area contributed by atoms with Crippen molar-refractivity contribution in [3.8, 4) is 5.69 Å². The Balaban J connectivity index is 1.56. The Bertz CT molecular complexity index is 1570. The van der Waals surface area contributed by atoms with Crippen LogP contribution in [0.2, 0.25) is 0 Å². The van der Waals surface area contributed by atoms with E-state index in [0.717, 1.165) is 4.48 Å². The lowest BCUT2D eigenvalue weighted by molar-refractivity contribution is 0.456. The third-order valence-corrected chi connectivity index (χ3v) is 8.37. The summed E-state index contributed by atoms with van der Waals surface area (Å²) in [5.74, 6) is 0.598. The third kappa shape index (κ3) is 3.00. The summed E-state index contributed by atoms with van der Waals surface area (Å²) >= 11 is 3.81. The predicted octanol–water partition coefficient (Wildman–Crippen LogP) is 8.53. The third-order valence-electron chi connectivity index (χ3n) is 7.85. The van der Waals surface area contributed by atoms with E-state index in [-0.39, 0.29) is 11.3 Å². The van der Waals surface area contributed by atoms with Crippen LogP contribution in [0.15, 0.2) is 138 Å². The van der Waals surface area contributed by atoms with Gasteiger partial charge in [0, 0.05) is 28.2 Å². The van der Waals surface area contributed by atoms with Crippen LogP contribution in [0.4, 0.5) is 0 Å². The molecule has 0 saturated heterocycles. The standard InChI is InChI=1S/C33H24BrN/c34-26-15-17-28-29-18-16-27(35-20-19-23-9-7-8-14-32(23)35)22-31(29)33(30(28)21-26,24-10-3-1-4-11-24)25-12-5-2-6-13-25/h1-22,28,30H. The maximum Gasteiger partial charge on any atom is 0.0528 e. The highest BCUT2D eigenvalue weighted by atomic mass is 79.9. The largest absolute Gasteiger partial charge is 0.317 e. The Labute approximate surface area is 214 Å². The van der Waals surface area contributed by atoms with Crippen molar-refractivity contribution in [3.05, 3.63) is 160 Å². The number of benzene rings is 4. The highest BCUT2D eigenvalue weighted by Crippen LogP contribution is 2.60. The maximum absolute atomic E-state index is 3.81. The van der Waals surface area contributed by atoms with Crippen molar-refractivity contribution in [2.45, 2.75) is 11.3 Å². The zero-order chi connectivity index (χ0) is 23.4. The van der Waals surface area contributed by atoms with Crippen LogP contribution < -0.4 is 0 Å². The normalized spacial score (nSPS) is 19.9. The Morgan fingerprint density at radius 2 is 1.40 bits per heavy atom. The van der Waals surface area contributed by atoms with Gasteiger partial charge in [-0.3, -0.25) is 0 Å². The Morgan fingerprint density at radius 1 is 0.714 bits per heavy atom. The minimum absolute atomic E-state index is 0.276. The van der Waals surface area contributed by atoms with Gasteiger partial charge in [0.15, 0.2) is 0 Å². The minimum atomic E-state index is -0.286. The zero-order valence-electron chi connectivity index (χ0n) is 19.2. The molecule has 0 amide bonds. The first-order valence-corrected chi connectivity index (χ1v) is 12.9. The molecular weight excluding hydrogens is 490 g/mol. The van der Waals surface area contributed by atoms with Gasteiger partial charge in [0.2, 0.25) is 0 Å². The van der Waals surface area contributed by atoms with E-state index in [4.69, 9.17) is 0 Å². The summed E-state index contributed by atoms with van der Waals surface area (Å²) in [5.41, 5.74) is 7.62. The first-order valence-electron chi connectivity index (χ1n) is 12.1. The van der Waals surface area contributed by atoms with Gasteiger partial charge in [0.05, 0.1) is 10.9 Å². The first kappa shape index (κ1) is 20.7. The van der Waals surface area contributed by atoms with Crippen LogP contribution in [0.25, 0.3) is 16.6 Å². The van der Waals surface area contributed by atoms with E-state index in [1.807, 2.05) is 0 Å². The molecule has 0 radical (unpaired) electrons. The minimum Gasteiger partial charge on any atom is -0.317 e. The summed E-state index contributed by atoms with van der Waals surface area (Å²) in [7, 11) is 0. The number of hydrogen-bond acceptors (Lipinski definition) is 0. The highest BCUT2D eigenvalue weighted by Gasteiger charge is 2.53. The average molecular weight is 514 g/mol. The van der Waals surface area contributed by atoms with Crippen LogP contribution in [0.3, 0.4) is 0 Å². The van der Waals surface area contributed by atoms with Crippen molar-refractivity contribution < 1.29 is 0 Å². The smallest absolute Gasteiger partial charge is 0.0528 e. The molecule has 2 aliphatic carbocycles. The fourth-order valence-electron chi connectivity index (χ4n) is 6.42. The Morgan fingerprint density at radius 3 is 2.14 bits per heavy atom. The first-order chi connectivity index (χ1) is 17.3. The molecule has 0 fully saturated rings. The Kier molecular flexibility index (Phi) is 4.72. The van der Waals surface area contributed by atoms with Gasteiger partial charge in [-0.25, -0.2) is 0 Å². The molecular formula is C33H24BrN. The molecule has 0 bridgehead atoms. The molecule has 2 heteroatoms. The van der Waals surface area contributed by atoms with E-state index in [9.17, 15) is 0 Å². The van der Waals surface area contributed by atoms with Crippen LogP contribution in [-0.4, -0.2) is 4.57 Å². The van der Waals surface area contributed by atoms with E-state index in [1.54, 1.807) is 0 Å². The van der Waals surface area contributed by atoms with Gasteiger partial charge < -0.3 is 4.57 Å². The fourth-order valence-corrected chi connectivity index (χ4v) is 6.85. The highest BCUT2D eigenvalue weighted by molar-refractivity contribution is 9.11. The molecule has 1 aromatic heterocycles. The van der Waals surface area contributed by atoms with Crippen LogP contribution >= 0.6 is 15.9 Å². The number of fused-ring (bicyclic) bond motifs is 4. The zero-order valence-corrected chi connectivity index (χ0v) is 20.8. The molecule has 7 rings (SSSR count). The van der Waals surface area contributed by atoms with Crippen molar-refractivity contribution in [1.29, 1.82) is 0 Å². The molecule has 2 aliphatic rings. The number of hydrogen-bond donors (Lipinski definition) is 0. The van der Waals surface area contributed by atoms with Gasteiger partial charge in [0.1, 0.15) is 0 Å². The van der Waals surface area contributed by atoms with Gasteiger partial charge >= 0.3 is 0 Å². The van der Waals surface area contributed by atoms with Gasteiger partial charge in [-0.05, 0) is 51.9 Å². The van der Waals surface area contributed by atoms with Crippen molar-refractivity contribution in [2.75, 3.05) is 0 Å². The quantitative estimate of drug-likeness (QED) is 0.227. The monoisotopic (exact) mass is 513 g/mol. The van der Waals surface area contributed by atoms with Gasteiger partial charge in [-0.2, -0.15) is 0 Å². The van der Waals surface area contributed by atoms with Crippen LogP contribution in [0, 0.1) is 5.92 Å². The van der Waals surface area contributed by atoms with Crippen LogP contribution in [0.1, 0.15) is 28.2 Å². The van der Waals surface area contributed by atoms with Gasteiger partial charge in [0.25, 0.3) is 0 Å². The van der Waals surface area contributed by atoms with Crippen molar-refractivity contribution >= 4 is 26.8 Å². The van der Waals surface area contributed by atoms with E-state index in [0.29, 0.717) is 5.92 Å². The van der Waals surface area contributed by atoms with E-state index >= 15 is 0 Å². The lowest BCUT2D eigenvalue weighted by Crippen LogP contribution is -2.35. The van der Waals surface area contributed by atoms with E-state index in [1.165, 1.54) is 38.8 Å². The molecule has 168 valence electrons. The number of nitrogens with zero attached hydrogens (tertiary/aromatic N) is 1. The van der Waals surface area contributed by atoms with Crippen LogP contribution in [0.5, 0.6) is 0 Å². The van der Waals surface area contributed by atoms with Crippen LogP contribution in [-0.2, 0) is 5.41 Å². The summed E-state index contributed by atoms with van der Waals surface area (Å²) in [6.07, 6.45) is 9.21. The van der Waals surface area contributed by atoms with Gasteiger partial charge in [-0.15, -0.1) is 0 Å². The molecule has 0 N–H and O–H groups in total. The van der Waals surface area contributed by atoms with Crippen molar-refractivity contribution in [3.63, 3.8) is 0 Å². The SMILES string of the molecule is BrC1=CC2C(C=C1)c1ccc(-n3ccc4ccccc43)cc1C2(c1ccccc1)c1ccccc1. The van der Waals surface area contributed by atoms with E-state index in [2.05, 4.69) is 154 Å². The molecule has 2 atom stereocenters. The van der Waals surface area contributed by atoms with Gasteiger partial charge in [-0.1, -0.05) is 119 Å². The topological polar surface area (TPSA) is 4.93 Å². The molecule has 35 heavy (non-hydrogen) atoms. The summed E-state index contributed by atoms with van der Waals surface area (Å²) in [4.78, 5) is 0. The Hall–Kier alpha value is -3.62. The molecule has 0 spiro atoms. The van der Waals surface area contributed by atoms with Crippen molar-refractivity contribution in [2.24, 2.45) is 5.92 Å². The second-order valence-electron chi connectivity index (χ2n) is 9.52. The molecule has 0 saturated carbocycles. The van der Waals surface area contributed by atoms with E-state index < -0.39 is 0 Å². The summed E-state index contributed by atoms with van der Waals surface area (Å²) in [5, 5.41) is 1.26. The molecule has 0 aliphatic heterocycles. The number of halogens is 1. The number of allylic oxidation sites excluding steroid dienone is 4. The molecule has 4 aromatic carbocycles. The summed E-state index contributed by atoms with van der Waals surface area (Å²) in [6.45, 7) is 0. The lowest BCUT2D eigenvalue weighted by Gasteiger charge is -2.39. The molecule has 1 nitrogen and oxygen atoms in total. The number of rotatable bonds is 3.